The van der Waals surface area contributed by atoms with Gasteiger partial charge < -0.3 is 10.2 Å². The van der Waals surface area contributed by atoms with E-state index >= 15 is 0 Å². The molecule has 1 aliphatic rings. The van der Waals surface area contributed by atoms with E-state index in [0.717, 1.165) is 35.9 Å². The number of hydrogen-bond donors (Lipinski definition) is 1. The lowest BCUT2D eigenvalue weighted by atomic mass is 10.1. The minimum absolute atomic E-state index is 0.0967. The van der Waals surface area contributed by atoms with Crippen LogP contribution in [0.4, 0.5) is 11.5 Å². The van der Waals surface area contributed by atoms with E-state index in [1.54, 1.807) is 36.1 Å². The highest BCUT2D eigenvalue weighted by molar-refractivity contribution is 7.89. The third kappa shape index (κ3) is 4.14. The molecule has 1 saturated heterocycles. The standard InChI is InChI=1S/C18H25N5O3S/c1-21(2)27(25,26)14-7-8-16(23-10-5-4-6-11-23)15(13-14)18(24)19-17-9-12-22(3)20-17/h7-9,12-13H,4-6,10-11H2,1-3H3,(H,19,20,24). The number of carbonyl (C=O) groups excluding carboxylic acids is 1. The summed E-state index contributed by atoms with van der Waals surface area (Å²) >= 11 is 0. The summed E-state index contributed by atoms with van der Waals surface area (Å²) < 4.78 is 27.8. The SMILES string of the molecule is CN(C)S(=O)(=O)c1ccc(N2CCCCC2)c(C(=O)Nc2ccn(C)n2)c1. The first-order valence-electron chi connectivity index (χ1n) is 8.91. The Morgan fingerprint density at radius 3 is 2.44 bits per heavy atom. The van der Waals surface area contributed by atoms with Crippen molar-refractivity contribution in [1.29, 1.82) is 0 Å². The van der Waals surface area contributed by atoms with Crippen LogP contribution in [0.15, 0.2) is 35.4 Å². The minimum Gasteiger partial charge on any atom is -0.371 e. The highest BCUT2D eigenvalue weighted by Gasteiger charge is 2.24. The molecule has 1 aromatic carbocycles. The summed E-state index contributed by atoms with van der Waals surface area (Å²) in [7, 11) is 1.08. The minimum atomic E-state index is -3.63. The van der Waals surface area contributed by atoms with Gasteiger partial charge in [0.15, 0.2) is 5.82 Å². The van der Waals surface area contributed by atoms with E-state index in [0.29, 0.717) is 11.4 Å². The number of aromatic nitrogens is 2. The van der Waals surface area contributed by atoms with Crippen molar-refractivity contribution in [3.63, 3.8) is 0 Å². The van der Waals surface area contributed by atoms with Crippen LogP contribution in [0.2, 0.25) is 0 Å². The molecule has 8 nitrogen and oxygen atoms in total. The first-order chi connectivity index (χ1) is 12.8. The zero-order valence-electron chi connectivity index (χ0n) is 15.8. The van der Waals surface area contributed by atoms with Crippen molar-refractivity contribution >= 4 is 27.4 Å². The lowest BCUT2D eigenvalue weighted by Crippen LogP contribution is -2.32. The topological polar surface area (TPSA) is 87.5 Å². The molecular weight excluding hydrogens is 366 g/mol. The number of anilines is 2. The molecule has 1 fully saturated rings. The number of nitrogens with one attached hydrogen (secondary N) is 1. The molecule has 0 atom stereocenters. The predicted molar refractivity (Wildman–Crippen MR) is 105 cm³/mol. The molecule has 1 aliphatic heterocycles. The molecule has 3 rings (SSSR count). The van der Waals surface area contributed by atoms with Gasteiger partial charge in [0.05, 0.1) is 10.5 Å². The fourth-order valence-electron chi connectivity index (χ4n) is 3.14. The summed E-state index contributed by atoms with van der Waals surface area (Å²) in [5.74, 6) is 0.0537. The second kappa shape index (κ2) is 7.69. The molecule has 2 heterocycles. The Morgan fingerprint density at radius 1 is 1.15 bits per heavy atom. The quantitative estimate of drug-likeness (QED) is 0.841. The average molecular weight is 391 g/mol. The van der Waals surface area contributed by atoms with Gasteiger partial charge in [-0.15, -0.1) is 0 Å². The molecule has 0 aliphatic carbocycles. The molecule has 27 heavy (non-hydrogen) atoms. The number of carbonyl (C=O) groups is 1. The Morgan fingerprint density at radius 2 is 1.85 bits per heavy atom. The predicted octanol–water partition coefficient (Wildman–Crippen LogP) is 1.91. The van der Waals surface area contributed by atoms with E-state index in [-0.39, 0.29) is 10.8 Å². The molecule has 1 amide bonds. The number of piperidine rings is 1. The Kier molecular flexibility index (Phi) is 5.52. The highest BCUT2D eigenvalue weighted by atomic mass is 32.2. The zero-order chi connectivity index (χ0) is 19.6. The molecule has 2 aromatic rings. The summed E-state index contributed by atoms with van der Waals surface area (Å²) in [5.41, 5.74) is 1.09. The first-order valence-corrected chi connectivity index (χ1v) is 10.4. The lowest BCUT2D eigenvalue weighted by molar-refractivity contribution is 0.102. The van der Waals surface area contributed by atoms with Crippen LogP contribution >= 0.6 is 0 Å². The number of sulfonamides is 1. The average Bonchev–Trinajstić information content (AvgIpc) is 3.06. The maximum Gasteiger partial charge on any atom is 0.259 e. The van der Waals surface area contributed by atoms with E-state index in [9.17, 15) is 13.2 Å². The highest BCUT2D eigenvalue weighted by Crippen LogP contribution is 2.28. The van der Waals surface area contributed by atoms with Crippen LogP contribution in [0.5, 0.6) is 0 Å². The van der Waals surface area contributed by atoms with Gasteiger partial charge in [-0.3, -0.25) is 9.48 Å². The second-order valence-corrected chi connectivity index (χ2v) is 8.99. The smallest absolute Gasteiger partial charge is 0.259 e. The molecule has 1 N–H and O–H groups in total. The van der Waals surface area contributed by atoms with Crippen LogP contribution in [0, 0.1) is 0 Å². The summed E-state index contributed by atoms with van der Waals surface area (Å²) in [6.07, 6.45) is 5.01. The fraction of sp³-hybridized carbons (Fsp3) is 0.444. The Bertz CT molecular complexity index is 930. The van der Waals surface area contributed by atoms with Crippen molar-refractivity contribution in [2.24, 2.45) is 7.05 Å². The van der Waals surface area contributed by atoms with Crippen molar-refractivity contribution in [3.8, 4) is 0 Å². The molecular formula is C18H25N5O3S. The molecule has 0 unspecified atom stereocenters. The van der Waals surface area contributed by atoms with Crippen LogP contribution < -0.4 is 10.2 Å². The molecule has 0 bridgehead atoms. The molecule has 146 valence electrons. The molecule has 0 saturated carbocycles. The van der Waals surface area contributed by atoms with Gasteiger partial charge in [0.25, 0.3) is 5.91 Å². The van der Waals surface area contributed by atoms with Gasteiger partial charge in [-0.25, -0.2) is 12.7 Å². The fourth-order valence-corrected chi connectivity index (χ4v) is 4.07. The van der Waals surface area contributed by atoms with Gasteiger partial charge >= 0.3 is 0 Å². The van der Waals surface area contributed by atoms with Crippen molar-refractivity contribution < 1.29 is 13.2 Å². The van der Waals surface area contributed by atoms with E-state index in [4.69, 9.17) is 0 Å². The van der Waals surface area contributed by atoms with Crippen LogP contribution in [0.3, 0.4) is 0 Å². The summed E-state index contributed by atoms with van der Waals surface area (Å²) in [4.78, 5) is 15.2. The molecule has 1 aromatic heterocycles. The van der Waals surface area contributed by atoms with Crippen molar-refractivity contribution in [1.82, 2.24) is 14.1 Å². The van der Waals surface area contributed by atoms with Gasteiger partial charge in [0, 0.05) is 52.2 Å². The number of rotatable bonds is 5. The van der Waals surface area contributed by atoms with Crippen LogP contribution in [-0.2, 0) is 17.1 Å². The number of nitrogens with zero attached hydrogens (tertiary/aromatic N) is 4. The van der Waals surface area contributed by atoms with E-state index in [2.05, 4.69) is 15.3 Å². The van der Waals surface area contributed by atoms with Gasteiger partial charge in [0.2, 0.25) is 10.0 Å². The molecule has 9 heteroatoms. The van der Waals surface area contributed by atoms with Crippen LogP contribution in [0.25, 0.3) is 0 Å². The Balaban J connectivity index is 2.01. The number of benzene rings is 1. The maximum absolute atomic E-state index is 12.9. The summed E-state index contributed by atoms with van der Waals surface area (Å²) in [5, 5.41) is 6.92. The van der Waals surface area contributed by atoms with Gasteiger partial charge in [-0.2, -0.15) is 5.10 Å². The van der Waals surface area contributed by atoms with Crippen LogP contribution in [-0.4, -0.2) is 55.6 Å². The third-order valence-corrected chi connectivity index (χ3v) is 6.45. The van der Waals surface area contributed by atoms with E-state index < -0.39 is 10.0 Å². The van der Waals surface area contributed by atoms with Crippen molar-refractivity contribution in [2.75, 3.05) is 37.4 Å². The second-order valence-electron chi connectivity index (χ2n) is 6.84. The normalized spacial score (nSPS) is 15.2. The number of hydrogen-bond acceptors (Lipinski definition) is 5. The molecule has 0 radical (unpaired) electrons. The zero-order valence-corrected chi connectivity index (χ0v) is 16.7. The summed E-state index contributed by atoms with van der Waals surface area (Å²) in [6, 6.07) is 6.45. The van der Waals surface area contributed by atoms with Gasteiger partial charge in [0.1, 0.15) is 0 Å². The monoisotopic (exact) mass is 391 g/mol. The first kappa shape index (κ1) is 19.4. The van der Waals surface area contributed by atoms with Crippen molar-refractivity contribution in [2.45, 2.75) is 24.2 Å². The largest absolute Gasteiger partial charge is 0.371 e. The number of aryl methyl sites for hydroxylation is 1. The maximum atomic E-state index is 12.9. The lowest BCUT2D eigenvalue weighted by Gasteiger charge is -2.30. The summed E-state index contributed by atoms with van der Waals surface area (Å²) in [6.45, 7) is 1.70. The Hall–Kier alpha value is -2.39. The van der Waals surface area contributed by atoms with Crippen LogP contribution in [0.1, 0.15) is 29.6 Å². The molecule has 0 spiro atoms. The van der Waals surface area contributed by atoms with Gasteiger partial charge in [-0.05, 0) is 37.5 Å². The third-order valence-electron chi connectivity index (χ3n) is 4.64. The van der Waals surface area contributed by atoms with Gasteiger partial charge in [-0.1, -0.05) is 0 Å². The van der Waals surface area contributed by atoms with E-state index in [1.807, 2.05) is 0 Å². The van der Waals surface area contributed by atoms with Crippen molar-refractivity contribution in [3.05, 3.63) is 36.0 Å². The van der Waals surface area contributed by atoms with E-state index in [1.165, 1.54) is 26.6 Å². The number of amides is 1. The Labute approximate surface area is 159 Å².